The van der Waals surface area contributed by atoms with Gasteiger partial charge in [0.05, 0.1) is 0 Å². The van der Waals surface area contributed by atoms with E-state index in [2.05, 4.69) is 12.1 Å². The van der Waals surface area contributed by atoms with Gasteiger partial charge in [-0.25, -0.2) is 0 Å². The van der Waals surface area contributed by atoms with Gasteiger partial charge in [0.1, 0.15) is 6.29 Å². The molecule has 3 rings (SSSR count). The molecule has 0 N–H and O–H groups in total. The van der Waals surface area contributed by atoms with E-state index in [1.807, 2.05) is 42.5 Å². The minimum absolute atomic E-state index is 0.0140. The Kier molecular flexibility index (Phi) is 3.96. The molecule has 1 aliphatic carbocycles. The van der Waals surface area contributed by atoms with Crippen molar-refractivity contribution >= 4 is 12.1 Å². The number of ketones is 1. The minimum atomic E-state index is -0.0486. The van der Waals surface area contributed by atoms with Crippen LogP contribution in [0.15, 0.2) is 54.6 Å². The molecule has 0 spiro atoms. The molecule has 0 aliphatic heterocycles. The Morgan fingerprint density at radius 1 is 1.05 bits per heavy atom. The first kappa shape index (κ1) is 13.7. The molecule has 0 heterocycles. The molecule has 2 atom stereocenters. The number of Topliss-reactive ketones (excluding diaryl/α,β-unsaturated/α-hetero) is 1. The maximum Gasteiger partial charge on any atom is 0.163 e. The first-order valence-corrected chi connectivity index (χ1v) is 7.41. The van der Waals surface area contributed by atoms with E-state index in [-0.39, 0.29) is 17.6 Å². The number of hydrogen-bond donors (Lipinski definition) is 0. The summed E-state index contributed by atoms with van der Waals surface area (Å²) in [6.45, 7) is 0. The fraction of sp³-hybridized carbons (Fsp3) is 0.263. The van der Waals surface area contributed by atoms with Gasteiger partial charge in [0, 0.05) is 23.8 Å². The van der Waals surface area contributed by atoms with Crippen LogP contribution in [-0.2, 0) is 11.2 Å². The summed E-state index contributed by atoms with van der Waals surface area (Å²) in [7, 11) is 0. The SMILES string of the molecule is O=CC1CCc2ccccc2C1CC(=O)c1ccccc1. The van der Waals surface area contributed by atoms with Crippen molar-refractivity contribution in [2.75, 3.05) is 0 Å². The van der Waals surface area contributed by atoms with Gasteiger partial charge in [-0.05, 0) is 24.0 Å². The fourth-order valence-corrected chi connectivity index (χ4v) is 3.24. The molecule has 0 amide bonds. The Bertz CT molecular complexity index is 646. The number of benzene rings is 2. The van der Waals surface area contributed by atoms with E-state index in [4.69, 9.17) is 0 Å². The quantitative estimate of drug-likeness (QED) is 0.629. The topological polar surface area (TPSA) is 34.1 Å². The molecule has 0 saturated carbocycles. The molecule has 106 valence electrons. The molecular formula is C19H18O2. The fourth-order valence-electron chi connectivity index (χ4n) is 3.24. The number of carbonyl (C=O) groups is 2. The third-order valence-corrected chi connectivity index (χ3v) is 4.39. The molecule has 0 radical (unpaired) electrons. The summed E-state index contributed by atoms with van der Waals surface area (Å²) in [6, 6.07) is 17.5. The van der Waals surface area contributed by atoms with Crippen LogP contribution in [0.5, 0.6) is 0 Å². The van der Waals surface area contributed by atoms with Gasteiger partial charge in [0.2, 0.25) is 0 Å². The second kappa shape index (κ2) is 6.04. The van der Waals surface area contributed by atoms with Crippen molar-refractivity contribution in [2.24, 2.45) is 5.92 Å². The van der Waals surface area contributed by atoms with Crippen molar-refractivity contribution in [2.45, 2.75) is 25.2 Å². The van der Waals surface area contributed by atoms with Crippen LogP contribution in [0, 0.1) is 5.92 Å². The van der Waals surface area contributed by atoms with Gasteiger partial charge in [-0.3, -0.25) is 4.79 Å². The smallest absolute Gasteiger partial charge is 0.163 e. The number of aldehydes is 1. The van der Waals surface area contributed by atoms with Crippen LogP contribution >= 0.6 is 0 Å². The Hall–Kier alpha value is -2.22. The molecule has 21 heavy (non-hydrogen) atoms. The first-order valence-electron chi connectivity index (χ1n) is 7.41. The Balaban J connectivity index is 1.89. The summed E-state index contributed by atoms with van der Waals surface area (Å²) in [5.74, 6) is 0.0804. The zero-order valence-electron chi connectivity index (χ0n) is 11.9. The van der Waals surface area contributed by atoms with Crippen molar-refractivity contribution < 1.29 is 9.59 Å². The van der Waals surface area contributed by atoms with E-state index in [1.165, 1.54) is 11.1 Å². The van der Waals surface area contributed by atoms with Gasteiger partial charge in [-0.2, -0.15) is 0 Å². The molecule has 2 nitrogen and oxygen atoms in total. The molecule has 0 aromatic heterocycles. The van der Waals surface area contributed by atoms with Gasteiger partial charge >= 0.3 is 0 Å². The lowest BCUT2D eigenvalue weighted by atomic mass is 9.73. The molecule has 0 saturated heterocycles. The third kappa shape index (κ3) is 2.80. The van der Waals surface area contributed by atoms with Crippen molar-refractivity contribution in [3.63, 3.8) is 0 Å². The predicted molar refractivity (Wildman–Crippen MR) is 82.4 cm³/mol. The largest absolute Gasteiger partial charge is 0.303 e. The van der Waals surface area contributed by atoms with Crippen molar-refractivity contribution in [1.82, 2.24) is 0 Å². The molecule has 1 aliphatic rings. The van der Waals surface area contributed by atoms with E-state index in [0.29, 0.717) is 6.42 Å². The predicted octanol–water partition coefficient (Wildman–Crippen LogP) is 3.80. The van der Waals surface area contributed by atoms with Crippen LogP contribution in [0.1, 0.15) is 40.2 Å². The maximum atomic E-state index is 12.5. The lowest BCUT2D eigenvalue weighted by Gasteiger charge is -2.30. The lowest BCUT2D eigenvalue weighted by Crippen LogP contribution is -2.24. The highest BCUT2D eigenvalue weighted by Gasteiger charge is 2.30. The zero-order valence-corrected chi connectivity index (χ0v) is 11.9. The Morgan fingerprint density at radius 2 is 1.76 bits per heavy atom. The number of fused-ring (bicyclic) bond motifs is 1. The third-order valence-electron chi connectivity index (χ3n) is 4.39. The average molecular weight is 278 g/mol. The summed E-state index contributed by atoms with van der Waals surface area (Å²) in [4.78, 5) is 23.9. The van der Waals surface area contributed by atoms with Crippen LogP contribution in [0.25, 0.3) is 0 Å². The maximum absolute atomic E-state index is 12.5. The van der Waals surface area contributed by atoms with Crippen molar-refractivity contribution in [1.29, 1.82) is 0 Å². The highest BCUT2D eigenvalue weighted by Crippen LogP contribution is 2.38. The lowest BCUT2D eigenvalue weighted by molar-refractivity contribution is -0.112. The minimum Gasteiger partial charge on any atom is -0.303 e. The molecular weight excluding hydrogens is 260 g/mol. The van der Waals surface area contributed by atoms with Crippen molar-refractivity contribution in [3.05, 3.63) is 71.3 Å². The zero-order chi connectivity index (χ0) is 14.7. The summed E-state index contributed by atoms with van der Waals surface area (Å²) in [5, 5.41) is 0. The summed E-state index contributed by atoms with van der Waals surface area (Å²) in [6.07, 6.45) is 3.20. The molecule has 2 heteroatoms. The van der Waals surface area contributed by atoms with Gasteiger partial charge in [-0.15, -0.1) is 0 Å². The number of hydrogen-bond acceptors (Lipinski definition) is 2. The summed E-state index contributed by atoms with van der Waals surface area (Å²) >= 11 is 0. The highest BCUT2D eigenvalue weighted by molar-refractivity contribution is 5.96. The van der Waals surface area contributed by atoms with Crippen molar-refractivity contribution in [3.8, 4) is 0 Å². The molecule has 2 aromatic carbocycles. The van der Waals surface area contributed by atoms with E-state index in [1.54, 1.807) is 0 Å². The van der Waals surface area contributed by atoms with E-state index in [0.717, 1.165) is 24.7 Å². The van der Waals surface area contributed by atoms with Crippen LogP contribution in [0.4, 0.5) is 0 Å². The first-order chi connectivity index (χ1) is 10.3. The van der Waals surface area contributed by atoms with Crippen LogP contribution in [0.2, 0.25) is 0 Å². The normalized spacial score (nSPS) is 20.6. The van der Waals surface area contributed by atoms with Crippen LogP contribution < -0.4 is 0 Å². The van der Waals surface area contributed by atoms with Crippen LogP contribution in [-0.4, -0.2) is 12.1 Å². The molecule has 2 unspecified atom stereocenters. The molecule has 0 fully saturated rings. The van der Waals surface area contributed by atoms with E-state index in [9.17, 15) is 9.59 Å². The monoisotopic (exact) mass is 278 g/mol. The van der Waals surface area contributed by atoms with Gasteiger partial charge in [0.25, 0.3) is 0 Å². The number of rotatable bonds is 4. The average Bonchev–Trinajstić information content (AvgIpc) is 2.56. The Labute approximate surface area is 124 Å². The van der Waals surface area contributed by atoms with E-state index < -0.39 is 0 Å². The summed E-state index contributed by atoms with van der Waals surface area (Å²) in [5.41, 5.74) is 3.18. The number of carbonyl (C=O) groups excluding carboxylic acids is 2. The number of aryl methyl sites for hydroxylation is 1. The second-order valence-electron chi connectivity index (χ2n) is 5.64. The van der Waals surface area contributed by atoms with Gasteiger partial charge in [-0.1, -0.05) is 54.6 Å². The van der Waals surface area contributed by atoms with Gasteiger partial charge < -0.3 is 4.79 Å². The summed E-state index contributed by atoms with van der Waals surface area (Å²) < 4.78 is 0. The molecule has 0 bridgehead atoms. The Morgan fingerprint density at radius 3 is 2.52 bits per heavy atom. The van der Waals surface area contributed by atoms with Gasteiger partial charge in [0.15, 0.2) is 5.78 Å². The highest BCUT2D eigenvalue weighted by atomic mass is 16.1. The van der Waals surface area contributed by atoms with E-state index >= 15 is 0 Å². The standard InChI is InChI=1S/C19H18O2/c20-13-16-11-10-14-6-4-5-9-17(14)18(16)12-19(21)15-7-2-1-3-8-15/h1-9,13,16,18H,10-12H2. The molecule has 2 aromatic rings. The van der Waals surface area contributed by atoms with Crippen LogP contribution in [0.3, 0.4) is 0 Å². The second-order valence-corrected chi connectivity index (χ2v) is 5.64.